The van der Waals surface area contributed by atoms with Gasteiger partial charge in [-0.1, -0.05) is 12.1 Å². The van der Waals surface area contributed by atoms with E-state index in [0.29, 0.717) is 0 Å². The molecular formula is C15H18N2O2. The van der Waals surface area contributed by atoms with Crippen molar-refractivity contribution >= 4 is 5.57 Å². The number of hydrogen-bond acceptors (Lipinski definition) is 4. The number of allylic oxidation sites excluding steroid dienone is 2. The number of hydrogen-bond donors (Lipinski definition) is 2. The van der Waals surface area contributed by atoms with Crippen molar-refractivity contribution in [3.63, 3.8) is 0 Å². The van der Waals surface area contributed by atoms with Crippen LogP contribution in [0.2, 0.25) is 0 Å². The number of benzene rings is 1. The first-order valence-corrected chi connectivity index (χ1v) is 6.15. The minimum atomic E-state index is 0. The molecule has 2 aliphatic heterocycles. The molecule has 2 aliphatic rings. The molecule has 0 saturated carbocycles. The number of methoxy groups -OCH3 is 2. The minimum absolute atomic E-state index is 0. The first-order valence-electron chi connectivity index (χ1n) is 6.15. The maximum absolute atomic E-state index is 5.35. The standard InChI is InChI=1S/C15H16N2O2.H2/c1-18-13-6-5-10(8-14(13)19-2)12-9-17-15-11(12)4-3-7-16-15;/h3-9,15-17H,1-2H3;1H. The maximum atomic E-state index is 5.35. The molecular weight excluding hydrogens is 240 g/mol. The summed E-state index contributed by atoms with van der Waals surface area (Å²) in [5, 5.41) is 6.57. The molecule has 100 valence electrons. The Kier molecular flexibility index (Phi) is 2.91. The van der Waals surface area contributed by atoms with Crippen LogP contribution >= 0.6 is 0 Å². The van der Waals surface area contributed by atoms with E-state index in [1.807, 2.05) is 36.7 Å². The zero-order valence-electron chi connectivity index (χ0n) is 10.9. The van der Waals surface area contributed by atoms with Crippen LogP contribution < -0.4 is 20.1 Å². The van der Waals surface area contributed by atoms with Gasteiger partial charge in [-0.05, 0) is 30.0 Å². The lowest BCUT2D eigenvalue weighted by Crippen LogP contribution is -2.35. The molecule has 0 radical (unpaired) electrons. The minimum Gasteiger partial charge on any atom is -0.493 e. The average Bonchev–Trinajstić information content (AvgIpc) is 2.90. The van der Waals surface area contributed by atoms with Gasteiger partial charge in [-0.3, -0.25) is 0 Å². The molecule has 0 fully saturated rings. The Morgan fingerprint density at radius 3 is 2.74 bits per heavy atom. The van der Waals surface area contributed by atoms with E-state index in [9.17, 15) is 0 Å². The molecule has 0 aromatic heterocycles. The average molecular weight is 258 g/mol. The first kappa shape index (κ1) is 11.7. The van der Waals surface area contributed by atoms with E-state index in [2.05, 4.69) is 16.7 Å². The van der Waals surface area contributed by atoms with Gasteiger partial charge in [-0.2, -0.15) is 0 Å². The Hall–Kier alpha value is -2.36. The molecule has 0 bridgehead atoms. The van der Waals surface area contributed by atoms with Crippen molar-refractivity contribution in [2.45, 2.75) is 6.17 Å². The Balaban J connectivity index is 0.00000147. The fourth-order valence-corrected chi connectivity index (χ4v) is 2.38. The molecule has 4 nitrogen and oxygen atoms in total. The molecule has 2 heterocycles. The third-order valence-corrected chi connectivity index (χ3v) is 3.35. The smallest absolute Gasteiger partial charge is 0.161 e. The Bertz CT molecular complexity index is 594. The zero-order chi connectivity index (χ0) is 13.2. The van der Waals surface area contributed by atoms with Crippen molar-refractivity contribution in [1.82, 2.24) is 10.6 Å². The zero-order valence-corrected chi connectivity index (χ0v) is 10.9. The van der Waals surface area contributed by atoms with E-state index >= 15 is 0 Å². The largest absolute Gasteiger partial charge is 0.493 e. The van der Waals surface area contributed by atoms with Gasteiger partial charge in [0.25, 0.3) is 0 Å². The molecule has 4 heteroatoms. The lowest BCUT2D eigenvalue weighted by atomic mass is 9.97. The summed E-state index contributed by atoms with van der Waals surface area (Å²) >= 11 is 0. The second-order valence-corrected chi connectivity index (χ2v) is 4.38. The number of fused-ring (bicyclic) bond motifs is 1. The highest BCUT2D eigenvalue weighted by atomic mass is 16.5. The molecule has 0 spiro atoms. The van der Waals surface area contributed by atoms with E-state index in [4.69, 9.17) is 9.47 Å². The lowest BCUT2D eigenvalue weighted by molar-refractivity contribution is 0.355. The Morgan fingerprint density at radius 2 is 1.95 bits per heavy atom. The topological polar surface area (TPSA) is 42.5 Å². The van der Waals surface area contributed by atoms with Gasteiger partial charge in [-0.25, -0.2) is 0 Å². The normalized spacial score (nSPS) is 19.8. The third kappa shape index (κ3) is 1.95. The summed E-state index contributed by atoms with van der Waals surface area (Å²) in [4.78, 5) is 0. The molecule has 0 saturated heterocycles. The molecule has 19 heavy (non-hydrogen) atoms. The Labute approximate surface area is 113 Å². The van der Waals surface area contributed by atoms with E-state index in [1.165, 1.54) is 11.1 Å². The molecule has 1 aromatic rings. The van der Waals surface area contributed by atoms with E-state index < -0.39 is 0 Å². The van der Waals surface area contributed by atoms with Gasteiger partial charge in [-0.15, -0.1) is 0 Å². The second-order valence-electron chi connectivity index (χ2n) is 4.38. The molecule has 3 rings (SSSR count). The van der Waals surface area contributed by atoms with Crippen LogP contribution in [0.25, 0.3) is 5.57 Å². The van der Waals surface area contributed by atoms with E-state index in [1.54, 1.807) is 14.2 Å². The van der Waals surface area contributed by atoms with Gasteiger partial charge in [0.05, 0.1) is 14.2 Å². The van der Waals surface area contributed by atoms with Crippen LogP contribution in [0.4, 0.5) is 0 Å². The van der Waals surface area contributed by atoms with Gasteiger partial charge >= 0.3 is 0 Å². The van der Waals surface area contributed by atoms with Crippen molar-refractivity contribution in [1.29, 1.82) is 0 Å². The monoisotopic (exact) mass is 258 g/mol. The predicted molar refractivity (Wildman–Crippen MR) is 76.9 cm³/mol. The first-order chi connectivity index (χ1) is 9.33. The molecule has 1 aromatic carbocycles. The van der Waals surface area contributed by atoms with Crippen molar-refractivity contribution in [3.8, 4) is 11.5 Å². The quantitative estimate of drug-likeness (QED) is 0.872. The van der Waals surface area contributed by atoms with Crippen molar-refractivity contribution < 1.29 is 10.9 Å². The van der Waals surface area contributed by atoms with Crippen LogP contribution in [0.5, 0.6) is 11.5 Å². The molecule has 1 atom stereocenters. The SMILES string of the molecule is COc1ccc(C2=CNC3NC=CC=C23)cc1OC.[HH]. The summed E-state index contributed by atoms with van der Waals surface area (Å²) < 4.78 is 10.6. The summed E-state index contributed by atoms with van der Waals surface area (Å²) in [6.07, 6.45) is 8.25. The Morgan fingerprint density at radius 1 is 1.11 bits per heavy atom. The number of dihydropyridines is 1. The van der Waals surface area contributed by atoms with Gasteiger partial charge < -0.3 is 20.1 Å². The van der Waals surface area contributed by atoms with E-state index in [-0.39, 0.29) is 7.59 Å². The van der Waals surface area contributed by atoms with Crippen molar-refractivity contribution in [2.24, 2.45) is 0 Å². The summed E-state index contributed by atoms with van der Waals surface area (Å²) in [6, 6.07) is 5.96. The maximum Gasteiger partial charge on any atom is 0.161 e. The molecule has 0 aliphatic carbocycles. The predicted octanol–water partition coefficient (Wildman–Crippen LogP) is 2.26. The summed E-state index contributed by atoms with van der Waals surface area (Å²) in [5.74, 6) is 1.48. The van der Waals surface area contributed by atoms with E-state index in [0.717, 1.165) is 17.1 Å². The van der Waals surface area contributed by atoms with Crippen LogP contribution in [0.3, 0.4) is 0 Å². The number of nitrogens with one attached hydrogen (secondary N) is 2. The number of ether oxygens (including phenoxy) is 2. The highest BCUT2D eigenvalue weighted by molar-refractivity contribution is 5.84. The fourth-order valence-electron chi connectivity index (χ4n) is 2.38. The van der Waals surface area contributed by atoms with Crippen molar-refractivity contribution in [3.05, 3.63) is 53.9 Å². The van der Waals surface area contributed by atoms with Crippen LogP contribution in [0.15, 0.2) is 48.3 Å². The summed E-state index contributed by atoms with van der Waals surface area (Å²) in [5.41, 5.74) is 3.51. The highest BCUT2D eigenvalue weighted by Crippen LogP contribution is 2.35. The summed E-state index contributed by atoms with van der Waals surface area (Å²) in [6.45, 7) is 0. The second kappa shape index (κ2) is 4.72. The third-order valence-electron chi connectivity index (χ3n) is 3.35. The lowest BCUT2D eigenvalue weighted by Gasteiger charge is -2.18. The van der Waals surface area contributed by atoms with Gasteiger partial charge in [0.1, 0.15) is 6.17 Å². The van der Waals surface area contributed by atoms with Crippen LogP contribution in [-0.2, 0) is 0 Å². The van der Waals surface area contributed by atoms with Crippen LogP contribution in [-0.4, -0.2) is 20.4 Å². The van der Waals surface area contributed by atoms with Crippen LogP contribution in [0, 0.1) is 0 Å². The van der Waals surface area contributed by atoms with Gasteiger partial charge in [0.15, 0.2) is 11.5 Å². The van der Waals surface area contributed by atoms with Crippen molar-refractivity contribution in [2.75, 3.05) is 14.2 Å². The fraction of sp³-hybridized carbons (Fsp3) is 0.200. The molecule has 0 amide bonds. The van der Waals surface area contributed by atoms with Gasteiger partial charge in [0.2, 0.25) is 0 Å². The van der Waals surface area contributed by atoms with Gasteiger partial charge in [0, 0.05) is 18.8 Å². The molecule has 1 unspecified atom stereocenters. The van der Waals surface area contributed by atoms with Crippen LogP contribution in [0.1, 0.15) is 6.99 Å². The highest BCUT2D eigenvalue weighted by Gasteiger charge is 2.24. The summed E-state index contributed by atoms with van der Waals surface area (Å²) in [7, 11) is 3.29. The molecule has 2 N–H and O–H groups in total. The number of rotatable bonds is 3.